The van der Waals surface area contributed by atoms with Crippen LogP contribution in [0.25, 0.3) is 0 Å². The number of carbonyl (C=O) groups excluding carboxylic acids is 3. The van der Waals surface area contributed by atoms with Crippen LogP contribution in [0.5, 0.6) is 11.6 Å². The molecule has 0 radical (unpaired) electrons. The van der Waals surface area contributed by atoms with Gasteiger partial charge >= 0.3 is 0 Å². The lowest BCUT2D eigenvalue weighted by Crippen LogP contribution is -2.48. The van der Waals surface area contributed by atoms with E-state index in [9.17, 15) is 14.4 Å². The lowest BCUT2D eigenvalue weighted by atomic mass is 9.86. The minimum atomic E-state index is -0.404. The fourth-order valence-electron chi connectivity index (χ4n) is 4.89. The van der Waals surface area contributed by atoms with Gasteiger partial charge in [0.1, 0.15) is 5.75 Å². The molecule has 0 atom stereocenters. The molecule has 10 heteroatoms. The highest BCUT2D eigenvalue weighted by molar-refractivity contribution is 6.42. The molecule has 45 heavy (non-hydrogen) atoms. The van der Waals surface area contributed by atoms with E-state index in [2.05, 4.69) is 15.2 Å². The number of pyridine rings is 1. The largest absolute Gasteiger partial charge is 0.439 e. The third kappa shape index (κ3) is 8.28. The standard InChI is InChI=1S/C35H34Cl2N4O4/c1-35(2,3)32(42)24-6-4-23(5-7-24)22-40-16-18-41(19-17-40)34(44)25-8-12-28(13-9-25)45-31-15-11-27(21-38-31)39-33(43)26-10-14-29(36)30(37)20-26/h4-15,20-21H,16-19,22H2,1-3H3,(H,39,43). The van der Waals surface area contributed by atoms with Gasteiger partial charge in [-0.25, -0.2) is 4.98 Å². The van der Waals surface area contributed by atoms with Gasteiger partial charge in [0, 0.05) is 60.9 Å². The number of nitrogens with one attached hydrogen (secondary N) is 1. The summed E-state index contributed by atoms with van der Waals surface area (Å²) in [5.41, 5.74) is 2.92. The Morgan fingerprint density at radius 3 is 2.04 bits per heavy atom. The average Bonchev–Trinajstić information content (AvgIpc) is 3.03. The number of anilines is 1. The molecule has 4 aromatic rings. The molecule has 2 heterocycles. The van der Waals surface area contributed by atoms with Gasteiger partial charge in [0.15, 0.2) is 5.78 Å². The van der Waals surface area contributed by atoms with Crippen molar-refractivity contribution in [3.63, 3.8) is 0 Å². The third-order valence-corrected chi connectivity index (χ3v) is 8.20. The van der Waals surface area contributed by atoms with Gasteiger partial charge in [-0.1, -0.05) is 68.2 Å². The van der Waals surface area contributed by atoms with Gasteiger partial charge in [-0.2, -0.15) is 0 Å². The van der Waals surface area contributed by atoms with E-state index in [-0.39, 0.29) is 17.6 Å². The minimum Gasteiger partial charge on any atom is -0.439 e. The first-order valence-electron chi connectivity index (χ1n) is 14.6. The lowest BCUT2D eigenvalue weighted by molar-refractivity contribution is 0.0628. The van der Waals surface area contributed by atoms with E-state index in [1.807, 2.05) is 49.9 Å². The predicted molar refractivity (Wildman–Crippen MR) is 177 cm³/mol. The van der Waals surface area contributed by atoms with Crippen LogP contribution in [-0.2, 0) is 6.54 Å². The van der Waals surface area contributed by atoms with Crippen molar-refractivity contribution in [1.29, 1.82) is 0 Å². The molecule has 1 N–H and O–H groups in total. The van der Waals surface area contributed by atoms with Crippen LogP contribution in [0.3, 0.4) is 0 Å². The Hall–Kier alpha value is -4.24. The fourth-order valence-corrected chi connectivity index (χ4v) is 5.18. The number of aromatic nitrogens is 1. The zero-order valence-corrected chi connectivity index (χ0v) is 26.9. The molecule has 1 aliphatic heterocycles. The maximum absolute atomic E-state index is 13.2. The monoisotopic (exact) mass is 644 g/mol. The summed E-state index contributed by atoms with van der Waals surface area (Å²) in [6.07, 6.45) is 1.49. The predicted octanol–water partition coefficient (Wildman–Crippen LogP) is 7.62. The molecular weight excluding hydrogens is 611 g/mol. The highest BCUT2D eigenvalue weighted by Gasteiger charge is 2.24. The Labute approximate surface area is 272 Å². The number of ether oxygens (including phenoxy) is 1. The summed E-state index contributed by atoms with van der Waals surface area (Å²) in [6, 6.07) is 22.8. The van der Waals surface area contributed by atoms with Gasteiger partial charge in [0.05, 0.1) is 21.9 Å². The maximum Gasteiger partial charge on any atom is 0.255 e. The van der Waals surface area contributed by atoms with Gasteiger partial charge in [-0.3, -0.25) is 19.3 Å². The van der Waals surface area contributed by atoms with Crippen LogP contribution < -0.4 is 10.1 Å². The second kappa shape index (κ2) is 13.8. The van der Waals surface area contributed by atoms with Gasteiger partial charge in [0.2, 0.25) is 5.88 Å². The summed E-state index contributed by atoms with van der Waals surface area (Å²) in [5.74, 6) is 0.647. The third-order valence-electron chi connectivity index (χ3n) is 7.46. The lowest BCUT2D eigenvalue weighted by Gasteiger charge is -2.34. The number of hydrogen-bond donors (Lipinski definition) is 1. The SMILES string of the molecule is CC(C)(C)C(=O)c1ccc(CN2CCN(C(=O)c3ccc(Oc4ccc(NC(=O)c5ccc(Cl)c(Cl)c5)cn4)cc3)CC2)cc1. The van der Waals surface area contributed by atoms with Crippen molar-refractivity contribution in [3.8, 4) is 11.6 Å². The first-order chi connectivity index (χ1) is 21.5. The molecule has 5 rings (SSSR count). The van der Waals surface area contributed by atoms with Crippen LogP contribution in [0.15, 0.2) is 85.1 Å². The number of Topliss-reactive ketones (excluding diaryl/α,β-unsaturated/α-hetero) is 1. The van der Waals surface area contributed by atoms with Crippen molar-refractivity contribution in [2.45, 2.75) is 27.3 Å². The Balaban J connectivity index is 1.09. The Morgan fingerprint density at radius 2 is 1.44 bits per heavy atom. The van der Waals surface area contributed by atoms with Crippen LogP contribution in [0.1, 0.15) is 57.4 Å². The topological polar surface area (TPSA) is 91.8 Å². The zero-order valence-electron chi connectivity index (χ0n) is 25.3. The van der Waals surface area contributed by atoms with Crippen LogP contribution >= 0.6 is 23.2 Å². The van der Waals surface area contributed by atoms with E-state index in [1.165, 1.54) is 12.3 Å². The number of rotatable bonds is 8. The Kier molecular flexibility index (Phi) is 9.87. The summed E-state index contributed by atoms with van der Waals surface area (Å²) >= 11 is 11.9. The van der Waals surface area contributed by atoms with Crippen molar-refractivity contribution in [3.05, 3.63) is 117 Å². The normalized spacial score (nSPS) is 13.8. The molecule has 0 unspecified atom stereocenters. The summed E-state index contributed by atoms with van der Waals surface area (Å²) in [5, 5.41) is 3.43. The summed E-state index contributed by atoms with van der Waals surface area (Å²) < 4.78 is 5.83. The molecule has 0 bridgehead atoms. The second-order valence-electron chi connectivity index (χ2n) is 11.9. The summed E-state index contributed by atoms with van der Waals surface area (Å²) in [6.45, 7) is 9.36. The van der Waals surface area contributed by atoms with Gasteiger partial charge in [0.25, 0.3) is 11.8 Å². The highest BCUT2D eigenvalue weighted by atomic mass is 35.5. The molecule has 2 amide bonds. The number of ketones is 1. The van der Waals surface area contributed by atoms with Gasteiger partial charge < -0.3 is 15.0 Å². The van der Waals surface area contributed by atoms with Crippen LogP contribution in [0.2, 0.25) is 10.0 Å². The van der Waals surface area contributed by atoms with E-state index < -0.39 is 5.41 Å². The quantitative estimate of drug-likeness (QED) is 0.198. The van der Waals surface area contributed by atoms with Gasteiger partial charge in [-0.15, -0.1) is 0 Å². The van der Waals surface area contributed by atoms with Crippen LogP contribution in [0.4, 0.5) is 5.69 Å². The number of piperazine rings is 1. The van der Waals surface area contributed by atoms with Gasteiger partial charge in [-0.05, 0) is 54.1 Å². The van der Waals surface area contributed by atoms with E-state index in [1.54, 1.807) is 48.5 Å². The van der Waals surface area contributed by atoms with E-state index in [0.29, 0.717) is 51.6 Å². The second-order valence-corrected chi connectivity index (χ2v) is 12.8. The van der Waals surface area contributed by atoms with E-state index in [4.69, 9.17) is 27.9 Å². The minimum absolute atomic E-state index is 0.0218. The van der Waals surface area contributed by atoms with Crippen molar-refractivity contribution in [2.75, 3.05) is 31.5 Å². The molecule has 0 spiro atoms. The number of benzene rings is 3. The first-order valence-corrected chi connectivity index (χ1v) is 15.4. The molecule has 1 aromatic heterocycles. The van der Waals surface area contributed by atoms with Crippen molar-refractivity contribution >= 4 is 46.5 Å². The Morgan fingerprint density at radius 1 is 0.800 bits per heavy atom. The molecule has 232 valence electrons. The number of amides is 2. The number of halogens is 2. The molecule has 8 nitrogen and oxygen atoms in total. The highest BCUT2D eigenvalue weighted by Crippen LogP contribution is 2.25. The number of nitrogens with zero attached hydrogens (tertiary/aromatic N) is 3. The van der Waals surface area contributed by atoms with Crippen molar-refractivity contribution < 1.29 is 19.1 Å². The molecule has 3 aromatic carbocycles. The van der Waals surface area contributed by atoms with Crippen molar-refractivity contribution in [1.82, 2.24) is 14.8 Å². The van der Waals surface area contributed by atoms with Crippen LogP contribution in [0, 0.1) is 5.41 Å². The molecule has 0 aliphatic carbocycles. The van der Waals surface area contributed by atoms with Crippen molar-refractivity contribution in [2.24, 2.45) is 5.41 Å². The van der Waals surface area contributed by atoms with E-state index in [0.717, 1.165) is 30.8 Å². The average molecular weight is 646 g/mol. The molecular formula is C35H34Cl2N4O4. The first kappa shape index (κ1) is 32.2. The molecule has 1 aliphatic rings. The smallest absolute Gasteiger partial charge is 0.255 e. The maximum atomic E-state index is 13.2. The molecule has 1 fully saturated rings. The molecule has 1 saturated heterocycles. The fraction of sp³-hybridized carbons (Fsp3) is 0.257. The molecule has 0 saturated carbocycles. The summed E-state index contributed by atoms with van der Waals surface area (Å²) in [4.78, 5) is 46.6. The number of carbonyl (C=O) groups is 3. The van der Waals surface area contributed by atoms with E-state index >= 15 is 0 Å². The van der Waals surface area contributed by atoms with Crippen LogP contribution in [-0.4, -0.2) is 58.6 Å². The zero-order chi connectivity index (χ0) is 32.1. The Bertz CT molecular complexity index is 1680. The number of hydrogen-bond acceptors (Lipinski definition) is 6. The summed E-state index contributed by atoms with van der Waals surface area (Å²) in [7, 11) is 0.